The highest BCUT2D eigenvalue weighted by atomic mass is 79.9. The molecule has 1 heterocycles. The Balaban J connectivity index is 2.32. The lowest BCUT2D eigenvalue weighted by atomic mass is 10.1. The van der Waals surface area contributed by atoms with Crippen LogP contribution in [0.25, 0.3) is 11.3 Å². The summed E-state index contributed by atoms with van der Waals surface area (Å²) in [5.74, 6) is 1.08. The van der Waals surface area contributed by atoms with Crippen LogP contribution in [0, 0.1) is 0 Å². The van der Waals surface area contributed by atoms with Crippen LogP contribution in [0.3, 0.4) is 0 Å². The number of rotatable bonds is 4. The van der Waals surface area contributed by atoms with E-state index in [0.29, 0.717) is 6.54 Å². The second-order valence-electron chi connectivity index (χ2n) is 3.52. The van der Waals surface area contributed by atoms with Crippen molar-refractivity contribution in [2.45, 2.75) is 18.4 Å². The van der Waals surface area contributed by atoms with E-state index in [1.807, 2.05) is 11.8 Å². The first-order chi connectivity index (χ1) is 8.24. The van der Waals surface area contributed by atoms with Crippen molar-refractivity contribution in [2.24, 2.45) is 5.73 Å². The number of H-pyrrole nitrogens is 1. The van der Waals surface area contributed by atoms with E-state index < -0.39 is 0 Å². The van der Waals surface area contributed by atoms with Crippen LogP contribution in [0.1, 0.15) is 12.6 Å². The van der Waals surface area contributed by atoms with Gasteiger partial charge in [0.05, 0.1) is 11.4 Å². The predicted molar refractivity (Wildman–Crippen MR) is 76.0 cm³/mol. The molecule has 3 N–H and O–H groups in total. The number of thioether (sulfide) groups is 1. The van der Waals surface area contributed by atoms with Crippen LogP contribution in [-0.2, 0) is 6.54 Å². The maximum Gasteiger partial charge on any atom is 0.175 e. The monoisotopic (exact) mass is 311 g/mol. The largest absolute Gasteiger partial charge is 0.335 e. The summed E-state index contributed by atoms with van der Waals surface area (Å²) < 4.78 is 0.722. The fourth-order valence-electron chi connectivity index (χ4n) is 1.64. The van der Waals surface area contributed by atoms with Crippen molar-refractivity contribution in [1.29, 1.82) is 0 Å². The van der Waals surface area contributed by atoms with Gasteiger partial charge in [0.25, 0.3) is 0 Å². The Morgan fingerprint density at radius 3 is 2.65 bits per heavy atom. The molecule has 0 unspecified atom stereocenters. The van der Waals surface area contributed by atoms with Crippen LogP contribution in [-0.4, -0.2) is 15.7 Å². The highest BCUT2D eigenvalue weighted by Crippen LogP contribution is 2.26. The van der Waals surface area contributed by atoms with Crippen molar-refractivity contribution >= 4 is 27.7 Å². The van der Waals surface area contributed by atoms with Gasteiger partial charge in [-0.25, -0.2) is 4.98 Å². The molecule has 0 radical (unpaired) electrons. The zero-order valence-corrected chi connectivity index (χ0v) is 11.9. The number of nitrogens with one attached hydrogen (secondary N) is 1. The van der Waals surface area contributed by atoms with E-state index in [2.05, 4.69) is 57.1 Å². The van der Waals surface area contributed by atoms with Crippen molar-refractivity contribution in [3.8, 4) is 11.3 Å². The minimum Gasteiger partial charge on any atom is -0.335 e. The Kier molecular flexibility index (Phi) is 4.25. The molecule has 0 saturated heterocycles. The molecule has 0 aliphatic heterocycles. The zero-order valence-electron chi connectivity index (χ0n) is 9.53. The fourth-order valence-corrected chi connectivity index (χ4v) is 2.72. The van der Waals surface area contributed by atoms with Crippen molar-refractivity contribution in [1.82, 2.24) is 9.97 Å². The molecule has 0 bridgehead atoms. The molecule has 0 atom stereocenters. The Bertz CT molecular complexity index is 493. The van der Waals surface area contributed by atoms with Crippen LogP contribution >= 0.6 is 27.7 Å². The smallest absolute Gasteiger partial charge is 0.175 e. The summed E-state index contributed by atoms with van der Waals surface area (Å²) in [6.07, 6.45) is 0. The molecule has 0 amide bonds. The maximum absolute atomic E-state index is 5.68. The molecule has 0 spiro atoms. The number of hydrogen-bond acceptors (Lipinski definition) is 3. The summed E-state index contributed by atoms with van der Waals surface area (Å²) in [7, 11) is 0. The average Bonchev–Trinajstić information content (AvgIpc) is 2.72. The molecular formula is C12H14BrN3S. The number of aromatic nitrogens is 2. The topological polar surface area (TPSA) is 54.7 Å². The van der Waals surface area contributed by atoms with Gasteiger partial charge in [-0.1, -0.05) is 19.1 Å². The van der Waals surface area contributed by atoms with Crippen LogP contribution in [0.5, 0.6) is 0 Å². The standard InChI is InChI=1S/C12H14BrN3S/c1-2-17-9-5-3-8(4-6-9)11-10(7-14)15-12(13)16-11/h3-6H,2,7,14H2,1H3,(H,15,16). The number of imidazole rings is 1. The minimum atomic E-state index is 0.458. The minimum absolute atomic E-state index is 0.458. The lowest BCUT2D eigenvalue weighted by molar-refractivity contribution is 1.01. The summed E-state index contributed by atoms with van der Waals surface area (Å²) in [6.45, 7) is 2.61. The van der Waals surface area contributed by atoms with Gasteiger partial charge in [0.2, 0.25) is 0 Å². The molecular weight excluding hydrogens is 298 g/mol. The first-order valence-electron chi connectivity index (χ1n) is 5.42. The van der Waals surface area contributed by atoms with Crippen molar-refractivity contribution in [3.05, 3.63) is 34.7 Å². The summed E-state index contributed by atoms with van der Waals surface area (Å²) in [4.78, 5) is 8.79. The van der Waals surface area contributed by atoms with Crippen molar-refractivity contribution in [2.75, 3.05) is 5.75 Å². The second-order valence-corrected chi connectivity index (χ2v) is 5.60. The molecule has 1 aromatic carbocycles. The van der Waals surface area contributed by atoms with E-state index in [1.165, 1.54) is 4.90 Å². The van der Waals surface area contributed by atoms with E-state index in [0.717, 1.165) is 27.4 Å². The van der Waals surface area contributed by atoms with E-state index in [-0.39, 0.29) is 0 Å². The number of benzene rings is 1. The van der Waals surface area contributed by atoms with Gasteiger partial charge in [-0.15, -0.1) is 11.8 Å². The molecule has 3 nitrogen and oxygen atoms in total. The summed E-state index contributed by atoms with van der Waals surface area (Å²) >= 11 is 5.17. The summed E-state index contributed by atoms with van der Waals surface area (Å²) in [5.41, 5.74) is 8.65. The zero-order chi connectivity index (χ0) is 12.3. The number of nitrogens with two attached hydrogens (primary N) is 1. The van der Waals surface area contributed by atoms with Gasteiger partial charge in [0.15, 0.2) is 4.73 Å². The van der Waals surface area contributed by atoms with E-state index in [4.69, 9.17) is 5.73 Å². The van der Waals surface area contributed by atoms with Crippen LogP contribution in [0.2, 0.25) is 0 Å². The Morgan fingerprint density at radius 2 is 2.06 bits per heavy atom. The van der Waals surface area contributed by atoms with Crippen LogP contribution < -0.4 is 5.73 Å². The van der Waals surface area contributed by atoms with E-state index in [9.17, 15) is 0 Å². The third-order valence-electron chi connectivity index (χ3n) is 2.39. The van der Waals surface area contributed by atoms with E-state index >= 15 is 0 Å². The van der Waals surface area contributed by atoms with Gasteiger partial charge in [0, 0.05) is 17.0 Å². The highest BCUT2D eigenvalue weighted by Gasteiger charge is 2.09. The lowest BCUT2D eigenvalue weighted by Crippen LogP contribution is -1.98. The summed E-state index contributed by atoms with van der Waals surface area (Å²) in [5, 5.41) is 0. The molecule has 2 aromatic rings. The third kappa shape index (κ3) is 2.91. The average molecular weight is 312 g/mol. The van der Waals surface area contributed by atoms with Gasteiger partial charge < -0.3 is 10.7 Å². The number of aromatic amines is 1. The first kappa shape index (κ1) is 12.7. The quantitative estimate of drug-likeness (QED) is 0.851. The van der Waals surface area contributed by atoms with Crippen molar-refractivity contribution in [3.63, 3.8) is 0 Å². The maximum atomic E-state index is 5.68. The third-order valence-corrected chi connectivity index (χ3v) is 3.66. The Hall–Kier alpha value is -0.780. The number of hydrogen-bond donors (Lipinski definition) is 2. The lowest BCUT2D eigenvalue weighted by Gasteiger charge is -2.02. The molecule has 0 saturated carbocycles. The Morgan fingerprint density at radius 1 is 1.35 bits per heavy atom. The molecule has 0 aliphatic rings. The molecule has 90 valence electrons. The number of nitrogens with zero attached hydrogens (tertiary/aromatic N) is 1. The SMILES string of the molecule is CCSc1ccc(-c2nc(Br)[nH]c2CN)cc1. The molecule has 0 aliphatic carbocycles. The van der Waals surface area contributed by atoms with Crippen LogP contribution in [0.4, 0.5) is 0 Å². The first-order valence-corrected chi connectivity index (χ1v) is 7.20. The molecule has 0 fully saturated rings. The van der Waals surface area contributed by atoms with Gasteiger partial charge in [0.1, 0.15) is 0 Å². The van der Waals surface area contributed by atoms with E-state index in [1.54, 1.807) is 0 Å². The molecule has 17 heavy (non-hydrogen) atoms. The van der Waals surface area contributed by atoms with Gasteiger partial charge in [-0.2, -0.15) is 0 Å². The highest BCUT2D eigenvalue weighted by molar-refractivity contribution is 9.10. The van der Waals surface area contributed by atoms with Gasteiger partial charge in [-0.3, -0.25) is 0 Å². The fraction of sp³-hybridized carbons (Fsp3) is 0.250. The second kappa shape index (κ2) is 5.71. The molecule has 5 heteroatoms. The van der Waals surface area contributed by atoms with Gasteiger partial charge >= 0.3 is 0 Å². The van der Waals surface area contributed by atoms with Crippen molar-refractivity contribution < 1.29 is 0 Å². The molecule has 2 rings (SSSR count). The summed E-state index contributed by atoms with van der Waals surface area (Å²) in [6, 6.07) is 8.40. The normalized spacial score (nSPS) is 10.8. The predicted octanol–water partition coefficient (Wildman–Crippen LogP) is 3.41. The van der Waals surface area contributed by atoms with Gasteiger partial charge in [-0.05, 0) is 33.8 Å². The van der Waals surface area contributed by atoms with Crippen LogP contribution in [0.15, 0.2) is 33.9 Å². The molecule has 1 aromatic heterocycles. The number of halogens is 1. The Labute approximate surface area is 113 Å².